The largest absolute Gasteiger partial charge is 0.481 e. The second-order valence-corrected chi connectivity index (χ2v) is 4.27. The molecule has 1 saturated carbocycles. The van der Waals surface area contributed by atoms with Crippen molar-refractivity contribution in [1.82, 2.24) is 10.4 Å². The number of nitrogens with zero attached hydrogens (tertiary/aromatic N) is 1. The van der Waals surface area contributed by atoms with E-state index in [9.17, 15) is 9.59 Å². The second-order valence-electron chi connectivity index (χ2n) is 4.27. The fraction of sp³-hybridized carbons (Fsp3) is 0.800. The summed E-state index contributed by atoms with van der Waals surface area (Å²) in [6, 6.07) is 0. The molecule has 1 aliphatic carbocycles. The van der Waals surface area contributed by atoms with Gasteiger partial charge in [0.15, 0.2) is 0 Å². The summed E-state index contributed by atoms with van der Waals surface area (Å²) in [6.07, 6.45) is 2.78. The Kier molecular flexibility index (Phi) is 4.08. The first kappa shape index (κ1) is 12.0. The Bertz CT molecular complexity index is 253. The number of carbonyl (C=O) groups is 2. The zero-order chi connectivity index (χ0) is 11.4. The number of carboxylic acids is 1. The summed E-state index contributed by atoms with van der Waals surface area (Å²) >= 11 is 0. The summed E-state index contributed by atoms with van der Waals surface area (Å²) in [7, 11) is 3.49. The van der Waals surface area contributed by atoms with Crippen molar-refractivity contribution in [3.8, 4) is 0 Å². The highest BCUT2D eigenvalue weighted by molar-refractivity contribution is 5.79. The van der Waals surface area contributed by atoms with Crippen molar-refractivity contribution in [1.29, 1.82) is 0 Å². The molecular weight excluding hydrogens is 196 g/mol. The SMILES string of the molecule is CN(C)NC(=O)C1CCCC(C(=O)O)C1. The Labute approximate surface area is 89.4 Å². The average Bonchev–Trinajstić information content (AvgIpc) is 2.17. The van der Waals surface area contributed by atoms with Gasteiger partial charge < -0.3 is 5.11 Å². The molecule has 0 aromatic heterocycles. The van der Waals surface area contributed by atoms with Crippen LogP contribution >= 0.6 is 0 Å². The van der Waals surface area contributed by atoms with Crippen LogP contribution in [0.25, 0.3) is 0 Å². The Morgan fingerprint density at radius 1 is 1.27 bits per heavy atom. The lowest BCUT2D eigenvalue weighted by atomic mass is 9.81. The van der Waals surface area contributed by atoms with Gasteiger partial charge in [-0.3, -0.25) is 15.0 Å². The van der Waals surface area contributed by atoms with Crippen molar-refractivity contribution in [2.24, 2.45) is 11.8 Å². The average molecular weight is 214 g/mol. The van der Waals surface area contributed by atoms with E-state index in [1.807, 2.05) is 0 Å². The first-order valence-corrected chi connectivity index (χ1v) is 5.21. The predicted molar refractivity (Wildman–Crippen MR) is 54.9 cm³/mol. The normalized spacial score (nSPS) is 26.3. The van der Waals surface area contributed by atoms with Crippen molar-refractivity contribution < 1.29 is 14.7 Å². The van der Waals surface area contributed by atoms with E-state index in [4.69, 9.17) is 5.11 Å². The van der Waals surface area contributed by atoms with Crippen molar-refractivity contribution in [2.75, 3.05) is 14.1 Å². The lowest BCUT2D eigenvalue weighted by molar-refractivity contribution is -0.144. The van der Waals surface area contributed by atoms with Crippen LogP contribution in [0.1, 0.15) is 25.7 Å². The van der Waals surface area contributed by atoms with Gasteiger partial charge in [-0.05, 0) is 19.3 Å². The van der Waals surface area contributed by atoms with Gasteiger partial charge in [-0.25, -0.2) is 5.01 Å². The van der Waals surface area contributed by atoms with Gasteiger partial charge in [0.1, 0.15) is 0 Å². The summed E-state index contributed by atoms with van der Waals surface area (Å²) in [5.74, 6) is -1.35. The van der Waals surface area contributed by atoms with Crippen LogP contribution in [0, 0.1) is 11.8 Å². The van der Waals surface area contributed by atoms with Crippen molar-refractivity contribution >= 4 is 11.9 Å². The molecule has 5 heteroatoms. The van der Waals surface area contributed by atoms with E-state index in [1.165, 1.54) is 0 Å². The van der Waals surface area contributed by atoms with Gasteiger partial charge in [0.05, 0.1) is 5.92 Å². The Morgan fingerprint density at radius 3 is 2.40 bits per heavy atom. The van der Waals surface area contributed by atoms with Gasteiger partial charge in [0, 0.05) is 20.0 Å². The topological polar surface area (TPSA) is 69.6 Å². The first-order chi connectivity index (χ1) is 7.00. The molecule has 5 nitrogen and oxygen atoms in total. The molecule has 15 heavy (non-hydrogen) atoms. The number of aliphatic carboxylic acids is 1. The molecule has 1 rings (SSSR count). The summed E-state index contributed by atoms with van der Waals surface area (Å²) in [4.78, 5) is 22.4. The molecule has 0 radical (unpaired) electrons. The smallest absolute Gasteiger partial charge is 0.306 e. The molecule has 2 atom stereocenters. The maximum atomic E-state index is 11.6. The lowest BCUT2D eigenvalue weighted by Gasteiger charge is -2.26. The minimum atomic E-state index is -0.780. The molecule has 2 N–H and O–H groups in total. The van der Waals surface area contributed by atoms with E-state index >= 15 is 0 Å². The van der Waals surface area contributed by atoms with Gasteiger partial charge in [0.2, 0.25) is 5.91 Å². The van der Waals surface area contributed by atoms with Crippen LogP contribution in [0.4, 0.5) is 0 Å². The van der Waals surface area contributed by atoms with E-state index < -0.39 is 5.97 Å². The monoisotopic (exact) mass is 214 g/mol. The highest BCUT2D eigenvalue weighted by atomic mass is 16.4. The molecule has 0 spiro atoms. The van der Waals surface area contributed by atoms with Crippen molar-refractivity contribution in [3.63, 3.8) is 0 Å². The van der Waals surface area contributed by atoms with Crippen LogP contribution < -0.4 is 5.43 Å². The number of rotatable bonds is 3. The predicted octanol–water partition coefficient (Wildman–Crippen LogP) is 0.470. The van der Waals surface area contributed by atoms with Crippen molar-refractivity contribution in [2.45, 2.75) is 25.7 Å². The van der Waals surface area contributed by atoms with E-state index in [2.05, 4.69) is 5.43 Å². The molecule has 1 fully saturated rings. The highest BCUT2D eigenvalue weighted by Gasteiger charge is 2.30. The molecule has 2 unspecified atom stereocenters. The third-order valence-corrected chi connectivity index (χ3v) is 2.73. The number of hydrogen-bond acceptors (Lipinski definition) is 3. The zero-order valence-electron chi connectivity index (χ0n) is 9.19. The second kappa shape index (κ2) is 5.11. The van der Waals surface area contributed by atoms with Crippen LogP contribution in [0.3, 0.4) is 0 Å². The number of hydrogen-bond donors (Lipinski definition) is 2. The van der Waals surface area contributed by atoms with E-state index in [1.54, 1.807) is 19.1 Å². The van der Waals surface area contributed by atoms with Gasteiger partial charge in [-0.1, -0.05) is 6.42 Å². The van der Waals surface area contributed by atoms with E-state index in [0.717, 1.165) is 12.8 Å². The number of carboxylic acid groups (broad SMARTS) is 1. The molecule has 1 amide bonds. The van der Waals surface area contributed by atoms with Gasteiger partial charge in [-0.2, -0.15) is 0 Å². The summed E-state index contributed by atoms with van der Waals surface area (Å²) in [5, 5.41) is 10.5. The molecule has 0 aromatic rings. The van der Waals surface area contributed by atoms with Crippen LogP contribution in [-0.2, 0) is 9.59 Å². The molecule has 0 bridgehead atoms. The molecule has 0 heterocycles. The molecule has 0 saturated heterocycles. The number of carbonyl (C=O) groups excluding carboxylic acids is 1. The molecule has 0 aromatic carbocycles. The summed E-state index contributed by atoms with van der Waals surface area (Å²) in [5.41, 5.74) is 2.67. The molecule has 1 aliphatic rings. The van der Waals surface area contributed by atoms with Crippen LogP contribution in [-0.4, -0.2) is 36.1 Å². The zero-order valence-corrected chi connectivity index (χ0v) is 9.19. The minimum Gasteiger partial charge on any atom is -0.481 e. The first-order valence-electron chi connectivity index (χ1n) is 5.21. The van der Waals surface area contributed by atoms with Gasteiger partial charge in [0.25, 0.3) is 0 Å². The number of amides is 1. The summed E-state index contributed by atoms with van der Waals surface area (Å²) in [6.45, 7) is 0. The maximum Gasteiger partial charge on any atom is 0.306 e. The fourth-order valence-electron chi connectivity index (χ4n) is 1.96. The quantitative estimate of drug-likeness (QED) is 0.670. The Balaban J connectivity index is 2.48. The van der Waals surface area contributed by atoms with Crippen molar-refractivity contribution in [3.05, 3.63) is 0 Å². The maximum absolute atomic E-state index is 11.6. The third-order valence-electron chi connectivity index (χ3n) is 2.73. The summed E-state index contributed by atoms with van der Waals surface area (Å²) < 4.78 is 0. The molecule has 0 aliphatic heterocycles. The number of hydrazine groups is 1. The van der Waals surface area contributed by atoms with Gasteiger partial charge in [-0.15, -0.1) is 0 Å². The molecular formula is C10H18N2O3. The van der Waals surface area contributed by atoms with Crippen LogP contribution in [0.2, 0.25) is 0 Å². The minimum absolute atomic E-state index is 0.0639. The Hall–Kier alpha value is -1.10. The lowest BCUT2D eigenvalue weighted by Crippen LogP contribution is -2.42. The number of nitrogens with one attached hydrogen (secondary N) is 1. The fourth-order valence-corrected chi connectivity index (χ4v) is 1.96. The Morgan fingerprint density at radius 2 is 1.87 bits per heavy atom. The standard InChI is InChI=1S/C10H18N2O3/c1-12(2)11-9(13)7-4-3-5-8(6-7)10(14)15/h7-8H,3-6H2,1-2H3,(H,11,13)(H,14,15). The van der Waals surface area contributed by atoms with Crippen LogP contribution in [0.15, 0.2) is 0 Å². The van der Waals surface area contributed by atoms with Gasteiger partial charge >= 0.3 is 5.97 Å². The van der Waals surface area contributed by atoms with E-state index in [0.29, 0.717) is 12.8 Å². The van der Waals surface area contributed by atoms with Crippen LogP contribution in [0.5, 0.6) is 0 Å². The molecule has 86 valence electrons. The third kappa shape index (κ3) is 3.51. The van der Waals surface area contributed by atoms with E-state index in [-0.39, 0.29) is 17.7 Å². The highest BCUT2D eigenvalue weighted by Crippen LogP contribution is 2.29.